The number of carbonyl (C=O) groups excluding carboxylic acids is 2. The molecule has 0 aliphatic carbocycles. The highest BCUT2D eigenvalue weighted by Crippen LogP contribution is 2.37. The molecule has 0 unspecified atom stereocenters. The number of halogens is 4. The Hall–Kier alpha value is -1.20. The summed E-state index contributed by atoms with van der Waals surface area (Å²) < 4.78 is 31.7. The predicted octanol–water partition coefficient (Wildman–Crippen LogP) is 3.46. The smallest absolute Gasteiger partial charge is 0.382 e. The zero-order chi connectivity index (χ0) is 13.9. The molecular formula is C11H8Cl2F2O3. The number of rotatable bonds is 4. The average molecular weight is 297 g/mol. The van der Waals surface area contributed by atoms with E-state index in [1.54, 1.807) is 0 Å². The highest BCUT2D eigenvalue weighted by molar-refractivity contribution is 6.35. The lowest BCUT2D eigenvalue weighted by molar-refractivity contribution is -0.173. The number of ether oxygens (including phenoxy) is 1. The molecule has 0 bridgehead atoms. The van der Waals surface area contributed by atoms with E-state index < -0.39 is 22.5 Å². The normalized spacial score (nSPS) is 11.2. The molecule has 0 atom stereocenters. The summed E-state index contributed by atoms with van der Waals surface area (Å²) in [7, 11) is 0. The molecule has 0 N–H and O–H groups in total. The van der Waals surface area contributed by atoms with E-state index >= 15 is 0 Å². The first-order chi connectivity index (χ1) is 8.34. The number of alkyl halides is 2. The number of benzene rings is 1. The van der Waals surface area contributed by atoms with Gasteiger partial charge in [-0.2, -0.15) is 8.78 Å². The van der Waals surface area contributed by atoms with Crippen molar-refractivity contribution in [1.82, 2.24) is 0 Å². The molecule has 0 radical (unpaired) electrons. The summed E-state index contributed by atoms with van der Waals surface area (Å²) in [4.78, 5) is 21.7. The molecule has 0 aromatic heterocycles. The Morgan fingerprint density at radius 1 is 1.39 bits per heavy atom. The Kier molecular flexibility index (Phi) is 4.65. The molecule has 0 saturated heterocycles. The van der Waals surface area contributed by atoms with E-state index in [1.165, 1.54) is 6.92 Å². The molecule has 0 aliphatic rings. The van der Waals surface area contributed by atoms with Crippen molar-refractivity contribution in [3.05, 3.63) is 33.3 Å². The zero-order valence-corrected chi connectivity index (χ0v) is 10.7. The fourth-order valence-electron chi connectivity index (χ4n) is 1.22. The van der Waals surface area contributed by atoms with Gasteiger partial charge in [0.05, 0.1) is 22.2 Å². The second-order valence-corrected chi connectivity index (χ2v) is 4.08. The molecule has 3 nitrogen and oxygen atoms in total. The molecule has 0 spiro atoms. The van der Waals surface area contributed by atoms with E-state index in [2.05, 4.69) is 4.74 Å². The molecule has 0 amide bonds. The molecular weight excluding hydrogens is 289 g/mol. The maximum atomic E-state index is 13.7. The summed E-state index contributed by atoms with van der Waals surface area (Å²) in [6, 6.07) is 1.75. The van der Waals surface area contributed by atoms with Gasteiger partial charge in [0.15, 0.2) is 6.29 Å². The lowest BCUT2D eigenvalue weighted by Gasteiger charge is -2.16. The van der Waals surface area contributed by atoms with E-state index in [9.17, 15) is 18.4 Å². The van der Waals surface area contributed by atoms with E-state index in [4.69, 9.17) is 23.2 Å². The summed E-state index contributed by atoms with van der Waals surface area (Å²) in [5.41, 5.74) is -0.830. The van der Waals surface area contributed by atoms with Gasteiger partial charge in [0.25, 0.3) is 0 Å². The van der Waals surface area contributed by atoms with Crippen molar-refractivity contribution in [2.75, 3.05) is 6.61 Å². The summed E-state index contributed by atoms with van der Waals surface area (Å²) >= 11 is 11.2. The fourth-order valence-corrected chi connectivity index (χ4v) is 1.72. The van der Waals surface area contributed by atoms with Gasteiger partial charge >= 0.3 is 11.9 Å². The molecule has 7 heteroatoms. The summed E-state index contributed by atoms with van der Waals surface area (Å²) in [6.45, 7) is 1.21. The second kappa shape index (κ2) is 5.63. The van der Waals surface area contributed by atoms with E-state index in [0.717, 1.165) is 12.1 Å². The number of aldehydes is 1. The Morgan fingerprint density at radius 3 is 2.50 bits per heavy atom. The summed E-state index contributed by atoms with van der Waals surface area (Å²) in [6.07, 6.45) is 0.375. The van der Waals surface area contributed by atoms with E-state index in [0.29, 0.717) is 6.29 Å². The highest BCUT2D eigenvalue weighted by Gasteiger charge is 2.44. The Balaban J connectivity index is 3.28. The number of carbonyl (C=O) groups is 2. The van der Waals surface area contributed by atoms with Gasteiger partial charge in [-0.15, -0.1) is 0 Å². The van der Waals surface area contributed by atoms with Crippen LogP contribution in [0.15, 0.2) is 12.1 Å². The molecule has 0 saturated carbocycles. The van der Waals surface area contributed by atoms with E-state index in [-0.39, 0.29) is 17.2 Å². The minimum Gasteiger partial charge on any atom is -0.461 e. The average Bonchev–Trinajstić information content (AvgIpc) is 2.31. The lowest BCUT2D eigenvalue weighted by Crippen LogP contribution is -2.28. The van der Waals surface area contributed by atoms with Crippen molar-refractivity contribution in [2.24, 2.45) is 0 Å². The third kappa shape index (κ3) is 2.79. The SMILES string of the molecule is CCOC(=O)C(F)(F)c1cc(Cl)c(C=O)cc1Cl. The monoisotopic (exact) mass is 296 g/mol. The van der Waals surface area contributed by atoms with Gasteiger partial charge in [-0.3, -0.25) is 4.79 Å². The summed E-state index contributed by atoms with van der Waals surface area (Å²) in [5, 5.41) is -0.645. The topological polar surface area (TPSA) is 43.4 Å². The van der Waals surface area contributed by atoms with Crippen LogP contribution in [-0.2, 0) is 15.5 Å². The molecule has 18 heavy (non-hydrogen) atoms. The van der Waals surface area contributed by atoms with Crippen LogP contribution in [0.1, 0.15) is 22.8 Å². The first kappa shape index (κ1) is 14.9. The van der Waals surface area contributed by atoms with Crippen LogP contribution in [0.5, 0.6) is 0 Å². The maximum Gasteiger partial charge on any atom is 0.382 e. The molecule has 1 rings (SSSR count). The van der Waals surface area contributed by atoms with Crippen molar-refractivity contribution < 1.29 is 23.1 Å². The quantitative estimate of drug-likeness (QED) is 0.631. The zero-order valence-electron chi connectivity index (χ0n) is 9.18. The third-order valence-electron chi connectivity index (χ3n) is 2.08. The molecule has 98 valence electrons. The van der Waals surface area contributed by atoms with Crippen LogP contribution in [0.4, 0.5) is 8.78 Å². The minimum atomic E-state index is -3.92. The third-order valence-corrected chi connectivity index (χ3v) is 2.72. The van der Waals surface area contributed by atoms with Crippen LogP contribution in [-0.4, -0.2) is 18.9 Å². The van der Waals surface area contributed by atoms with Crippen molar-refractivity contribution in [3.8, 4) is 0 Å². The van der Waals surface area contributed by atoms with Crippen molar-refractivity contribution in [3.63, 3.8) is 0 Å². The van der Waals surface area contributed by atoms with Crippen molar-refractivity contribution >= 4 is 35.5 Å². The number of esters is 1. The van der Waals surface area contributed by atoms with Gasteiger partial charge in [-0.1, -0.05) is 23.2 Å². The van der Waals surface area contributed by atoms with Gasteiger partial charge in [-0.05, 0) is 19.1 Å². The standard InChI is InChI=1S/C11H8Cl2F2O3/c1-2-18-10(17)11(14,15)7-4-8(12)6(5-16)3-9(7)13/h3-5H,2H2,1H3. The van der Waals surface area contributed by atoms with Gasteiger partial charge in [-0.25, -0.2) is 4.79 Å². The summed E-state index contributed by atoms with van der Waals surface area (Å²) in [5.74, 6) is -5.64. The van der Waals surface area contributed by atoms with Crippen LogP contribution in [0, 0.1) is 0 Å². The highest BCUT2D eigenvalue weighted by atomic mass is 35.5. The predicted molar refractivity (Wildman–Crippen MR) is 62.4 cm³/mol. The Morgan fingerprint density at radius 2 is 2.00 bits per heavy atom. The fraction of sp³-hybridized carbons (Fsp3) is 0.273. The van der Waals surface area contributed by atoms with Crippen LogP contribution in [0.25, 0.3) is 0 Å². The van der Waals surface area contributed by atoms with Gasteiger partial charge in [0.2, 0.25) is 0 Å². The Bertz CT molecular complexity index is 489. The molecule has 0 heterocycles. The first-order valence-electron chi connectivity index (χ1n) is 4.84. The van der Waals surface area contributed by atoms with Crippen LogP contribution < -0.4 is 0 Å². The van der Waals surface area contributed by atoms with E-state index in [1.807, 2.05) is 0 Å². The minimum absolute atomic E-state index is 0.0370. The molecule has 1 aromatic rings. The Labute approximate surface area is 112 Å². The van der Waals surface area contributed by atoms with Gasteiger partial charge in [0.1, 0.15) is 0 Å². The lowest BCUT2D eigenvalue weighted by atomic mass is 10.1. The van der Waals surface area contributed by atoms with Crippen molar-refractivity contribution in [1.29, 1.82) is 0 Å². The largest absolute Gasteiger partial charge is 0.461 e. The molecule has 0 aliphatic heterocycles. The first-order valence-corrected chi connectivity index (χ1v) is 5.59. The second-order valence-electron chi connectivity index (χ2n) is 3.27. The van der Waals surface area contributed by atoms with Crippen LogP contribution >= 0.6 is 23.2 Å². The number of hydrogen-bond donors (Lipinski definition) is 0. The van der Waals surface area contributed by atoms with Crippen LogP contribution in [0.2, 0.25) is 10.0 Å². The van der Waals surface area contributed by atoms with Gasteiger partial charge < -0.3 is 4.74 Å². The van der Waals surface area contributed by atoms with Gasteiger partial charge in [0, 0.05) is 5.56 Å². The van der Waals surface area contributed by atoms with Crippen molar-refractivity contribution in [2.45, 2.75) is 12.8 Å². The maximum absolute atomic E-state index is 13.7. The van der Waals surface area contributed by atoms with Crippen LogP contribution in [0.3, 0.4) is 0 Å². The molecule has 0 fully saturated rings. The molecule has 1 aromatic carbocycles. The number of hydrogen-bond acceptors (Lipinski definition) is 3.